The Kier molecular flexibility index (Phi) is 8.13. The molecule has 0 atom stereocenters. The van der Waals surface area contributed by atoms with Crippen LogP contribution in [0.4, 0.5) is 0 Å². The van der Waals surface area contributed by atoms with Gasteiger partial charge in [0.1, 0.15) is 0 Å². The molecule has 2 aliphatic rings. The van der Waals surface area contributed by atoms with Crippen molar-refractivity contribution in [3.63, 3.8) is 0 Å². The molecule has 0 saturated heterocycles. The van der Waals surface area contributed by atoms with Gasteiger partial charge in [-0.25, -0.2) is 9.59 Å². The number of fused-ring (bicyclic) bond motifs is 2. The number of nitrogens with one attached hydrogen (secondary N) is 1. The Morgan fingerprint density at radius 1 is 0.806 bits per heavy atom. The Morgan fingerprint density at radius 2 is 1.42 bits per heavy atom. The van der Waals surface area contributed by atoms with Gasteiger partial charge >= 0.3 is 11.9 Å². The molecule has 0 radical (unpaired) electrons. The summed E-state index contributed by atoms with van der Waals surface area (Å²) in [6, 6.07) is 8.60. The van der Waals surface area contributed by atoms with Crippen LogP contribution >= 0.6 is 23.2 Å². The number of hydrogen-bond donors (Lipinski definition) is 3. The molecule has 3 N–H and O–H groups in total. The molecule has 0 aromatic heterocycles. The maximum Gasteiger partial charge on any atom is 0.328 e. The molecule has 0 amide bonds. The zero-order valence-corrected chi connectivity index (χ0v) is 18.6. The van der Waals surface area contributed by atoms with Crippen LogP contribution in [-0.2, 0) is 35.3 Å². The predicted octanol–water partition coefficient (Wildman–Crippen LogP) is 4.94. The van der Waals surface area contributed by atoms with Gasteiger partial charge in [-0.05, 0) is 97.1 Å². The Balaban J connectivity index is 0.000000293. The van der Waals surface area contributed by atoms with Crippen molar-refractivity contribution in [3.05, 3.63) is 68.7 Å². The summed E-state index contributed by atoms with van der Waals surface area (Å²) in [5, 5.41) is 20.4. The molecule has 1 aliphatic carbocycles. The third kappa shape index (κ3) is 6.10. The molecule has 0 saturated carbocycles. The van der Waals surface area contributed by atoms with E-state index in [0.717, 1.165) is 25.9 Å². The van der Waals surface area contributed by atoms with Gasteiger partial charge in [0.05, 0.1) is 10.0 Å². The van der Waals surface area contributed by atoms with Crippen LogP contribution in [-0.4, -0.2) is 35.2 Å². The Morgan fingerprint density at radius 3 is 2.10 bits per heavy atom. The van der Waals surface area contributed by atoms with E-state index in [9.17, 15) is 9.59 Å². The minimum absolute atomic E-state index is 0.558. The lowest BCUT2D eigenvalue weighted by atomic mass is 9.80. The highest BCUT2D eigenvalue weighted by Crippen LogP contribution is 2.39. The summed E-state index contributed by atoms with van der Waals surface area (Å²) in [5.41, 5.74) is 8.83. The van der Waals surface area contributed by atoms with Gasteiger partial charge in [0.15, 0.2) is 0 Å². The van der Waals surface area contributed by atoms with Gasteiger partial charge in [0.25, 0.3) is 0 Å². The van der Waals surface area contributed by atoms with Gasteiger partial charge in [-0.3, -0.25) is 0 Å². The van der Waals surface area contributed by atoms with E-state index in [0.29, 0.717) is 22.2 Å². The molecule has 1 heterocycles. The second-order valence-corrected chi connectivity index (χ2v) is 8.44. The second kappa shape index (κ2) is 10.8. The molecule has 0 bridgehead atoms. The van der Waals surface area contributed by atoms with Crippen molar-refractivity contribution in [1.82, 2.24) is 5.32 Å². The van der Waals surface area contributed by atoms with Crippen molar-refractivity contribution in [2.75, 3.05) is 13.1 Å². The average molecular weight is 462 g/mol. The maximum absolute atomic E-state index is 9.55. The van der Waals surface area contributed by atoms with E-state index in [4.69, 9.17) is 33.4 Å². The monoisotopic (exact) mass is 461 g/mol. The van der Waals surface area contributed by atoms with E-state index in [2.05, 4.69) is 17.4 Å². The highest BCUT2D eigenvalue weighted by atomic mass is 35.5. The topological polar surface area (TPSA) is 86.6 Å². The quantitative estimate of drug-likeness (QED) is 0.563. The zero-order chi connectivity index (χ0) is 22.4. The number of carboxylic acids is 2. The van der Waals surface area contributed by atoms with E-state index in [1.165, 1.54) is 47.9 Å². The van der Waals surface area contributed by atoms with Gasteiger partial charge < -0.3 is 15.5 Å². The van der Waals surface area contributed by atoms with Crippen LogP contribution in [0.25, 0.3) is 11.1 Å². The summed E-state index contributed by atoms with van der Waals surface area (Å²) in [6.07, 6.45) is 8.33. The van der Waals surface area contributed by atoms with Crippen molar-refractivity contribution >= 4 is 35.1 Å². The van der Waals surface area contributed by atoms with Crippen LogP contribution in [0, 0.1) is 0 Å². The molecule has 1 aliphatic heterocycles. The van der Waals surface area contributed by atoms with Gasteiger partial charge in [-0.2, -0.15) is 0 Å². The zero-order valence-electron chi connectivity index (χ0n) is 17.1. The fourth-order valence-corrected chi connectivity index (χ4v) is 4.52. The SMILES string of the molecule is Clc1ccc(-c2c3c(cc4c2CCNCC4)CCCC3)cc1Cl.O=C(O)/C=C/C(=O)O. The third-order valence-corrected chi connectivity index (χ3v) is 6.29. The van der Waals surface area contributed by atoms with Gasteiger partial charge in [0.2, 0.25) is 0 Å². The summed E-state index contributed by atoms with van der Waals surface area (Å²) in [7, 11) is 0. The number of carbonyl (C=O) groups is 2. The van der Waals surface area contributed by atoms with E-state index in [1.807, 2.05) is 12.1 Å². The fourth-order valence-electron chi connectivity index (χ4n) is 4.23. The van der Waals surface area contributed by atoms with Crippen LogP contribution in [0.15, 0.2) is 36.4 Å². The summed E-state index contributed by atoms with van der Waals surface area (Å²) < 4.78 is 0. The first-order chi connectivity index (χ1) is 14.9. The van der Waals surface area contributed by atoms with Crippen molar-refractivity contribution in [2.24, 2.45) is 0 Å². The first-order valence-corrected chi connectivity index (χ1v) is 11.1. The molecular weight excluding hydrogens is 437 g/mol. The number of aryl methyl sites for hydroxylation is 1. The maximum atomic E-state index is 9.55. The predicted molar refractivity (Wildman–Crippen MR) is 123 cm³/mol. The second-order valence-electron chi connectivity index (χ2n) is 7.62. The minimum Gasteiger partial charge on any atom is -0.478 e. The summed E-state index contributed by atoms with van der Waals surface area (Å²) in [5.74, 6) is -2.51. The Bertz CT molecular complexity index is 1000. The Hall–Kier alpha value is -2.34. The number of hydrogen-bond acceptors (Lipinski definition) is 3. The number of aliphatic carboxylic acids is 2. The molecule has 0 spiro atoms. The lowest BCUT2D eigenvalue weighted by Gasteiger charge is -2.25. The average Bonchev–Trinajstić information content (AvgIpc) is 2.98. The molecular formula is C24H25Cl2NO4. The standard InChI is InChI=1S/C20H21Cl2N.C4H4O4/c21-18-6-5-15(12-19(18)22)20-16-4-2-1-3-13(16)11-14-7-9-23-10-8-17(14)20;5-3(6)1-2-4(7)8/h5-6,11-12,23H,1-4,7-10H2;1-2H,(H,5,6)(H,7,8)/b;2-1+. The molecule has 7 heteroatoms. The third-order valence-electron chi connectivity index (χ3n) is 5.55. The van der Waals surface area contributed by atoms with E-state index in [1.54, 1.807) is 11.1 Å². The van der Waals surface area contributed by atoms with E-state index < -0.39 is 11.9 Å². The van der Waals surface area contributed by atoms with E-state index in [-0.39, 0.29) is 0 Å². The molecule has 2 aromatic rings. The highest BCUT2D eigenvalue weighted by Gasteiger charge is 2.22. The lowest BCUT2D eigenvalue weighted by Crippen LogP contribution is -2.16. The lowest BCUT2D eigenvalue weighted by molar-refractivity contribution is -0.134. The van der Waals surface area contributed by atoms with Gasteiger partial charge in [-0.15, -0.1) is 0 Å². The van der Waals surface area contributed by atoms with Crippen LogP contribution in [0.3, 0.4) is 0 Å². The van der Waals surface area contributed by atoms with Crippen molar-refractivity contribution in [3.8, 4) is 11.1 Å². The highest BCUT2D eigenvalue weighted by molar-refractivity contribution is 6.42. The van der Waals surface area contributed by atoms with Crippen molar-refractivity contribution in [2.45, 2.75) is 38.5 Å². The molecule has 31 heavy (non-hydrogen) atoms. The van der Waals surface area contributed by atoms with Crippen molar-refractivity contribution < 1.29 is 19.8 Å². The van der Waals surface area contributed by atoms with Crippen molar-refractivity contribution in [1.29, 1.82) is 0 Å². The summed E-state index contributed by atoms with van der Waals surface area (Å²) >= 11 is 12.5. The van der Waals surface area contributed by atoms with Crippen LogP contribution < -0.4 is 5.32 Å². The number of halogens is 2. The first kappa shape index (κ1) is 23.3. The number of benzene rings is 2. The summed E-state index contributed by atoms with van der Waals surface area (Å²) in [4.78, 5) is 19.1. The van der Waals surface area contributed by atoms with Gasteiger partial charge in [0, 0.05) is 12.2 Å². The van der Waals surface area contributed by atoms with Crippen LogP contribution in [0.5, 0.6) is 0 Å². The fraction of sp³-hybridized carbons (Fsp3) is 0.333. The minimum atomic E-state index is -1.26. The molecule has 4 rings (SSSR count). The first-order valence-electron chi connectivity index (χ1n) is 10.3. The molecule has 2 aromatic carbocycles. The molecule has 0 fully saturated rings. The summed E-state index contributed by atoms with van der Waals surface area (Å²) in [6.45, 7) is 2.13. The smallest absolute Gasteiger partial charge is 0.328 e. The Labute approximate surface area is 191 Å². The van der Waals surface area contributed by atoms with Gasteiger partial charge in [-0.1, -0.05) is 35.3 Å². The number of carboxylic acid groups (broad SMARTS) is 2. The normalized spacial score (nSPS) is 15.3. The van der Waals surface area contributed by atoms with Crippen LogP contribution in [0.2, 0.25) is 10.0 Å². The molecule has 5 nitrogen and oxygen atoms in total. The largest absolute Gasteiger partial charge is 0.478 e. The molecule has 0 unspecified atom stereocenters. The molecule has 164 valence electrons. The van der Waals surface area contributed by atoms with E-state index >= 15 is 0 Å². The number of rotatable bonds is 3. The van der Waals surface area contributed by atoms with Crippen LogP contribution in [0.1, 0.15) is 35.1 Å².